The normalized spacial score (nSPS) is 10.4. The fourth-order valence-corrected chi connectivity index (χ4v) is 1.80. The van der Waals surface area contributed by atoms with Crippen molar-refractivity contribution in [3.05, 3.63) is 60.1 Å². The Labute approximate surface area is 115 Å². The predicted molar refractivity (Wildman–Crippen MR) is 73.5 cm³/mol. The first kappa shape index (κ1) is 11.7. The molecule has 0 amide bonds. The maximum Gasteiger partial charge on any atom is 0.180 e. The zero-order valence-corrected chi connectivity index (χ0v) is 10.6. The highest BCUT2D eigenvalue weighted by Gasteiger charge is 2.05. The third-order valence-corrected chi connectivity index (χ3v) is 2.84. The second-order valence-corrected chi connectivity index (χ2v) is 4.30. The third-order valence-electron chi connectivity index (χ3n) is 2.59. The van der Waals surface area contributed by atoms with Crippen LogP contribution in [0.3, 0.4) is 0 Å². The third kappa shape index (κ3) is 2.58. The molecule has 19 heavy (non-hydrogen) atoms. The van der Waals surface area contributed by atoms with Crippen LogP contribution in [-0.4, -0.2) is 19.9 Å². The maximum absolute atomic E-state index is 5.88. The molecular weight excluding hydrogens is 260 g/mol. The van der Waals surface area contributed by atoms with Crippen LogP contribution in [0.2, 0.25) is 5.02 Å². The first-order valence-electron chi connectivity index (χ1n) is 5.68. The highest BCUT2D eigenvalue weighted by molar-refractivity contribution is 6.30. The monoisotopic (exact) mass is 268 g/mol. The van der Waals surface area contributed by atoms with Crippen LogP contribution in [0.4, 0.5) is 0 Å². The van der Waals surface area contributed by atoms with E-state index in [2.05, 4.69) is 19.9 Å². The molecule has 0 aliphatic heterocycles. The van der Waals surface area contributed by atoms with E-state index in [1.54, 1.807) is 24.8 Å². The van der Waals surface area contributed by atoms with Gasteiger partial charge >= 0.3 is 0 Å². The Hall–Kier alpha value is -2.33. The topological polar surface area (TPSA) is 51.6 Å². The highest BCUT2D eigenvalue weighted by atomic mass is 35.5. The van der Waals surface area contributed by atoms with Crippen LogP contribution in [0.5, 0.6) is 0 Å². The van der Waals surface area contributed by atoms with Crippen molar-refractivity contribution in [3.8, 4) is 22.8 Å². The lowest BCUT2D eigenvalue weighted by Crippen LogP contribution is -1.93. The fraction of sp³-hybridized carbons (Fsp3) is 0. The molecule has 3 rings (SSSR count). The zero-order valence-electron chi connectivity index (χ0n) is 9.86. The van der Waals surface area contributed by atoms with Gasteiger partial charge in [-0.25, -0.2) is 15.0 Å². The van der Waals surface area contributed by atoms with Crippen LogP contribution < -0.4 is 0 Å². The Kier molecular flexibility index (Phi) is 3.16. The molecule has 0 bridgehead atoms. The zero-order chi connectivity index (χ0) is 13.1. The number of hydrogen-bond donors (Lipinski definition) is 0. The lowest BCUT2D eigenvalue weighted by Gasteiger charge is -2.03. The Morgan fingerprint density at radius 1 is 0.789 bits per heavy atom. The molecule has 0 aliphatic carbocycles. The molecule has 2 heterocycles. The van der Waals surface area contributed by atoms with Gasteiger partial charge in [0.2, 0.25) is 0 Å². The van der Waals surface area contributed by atoms with Crippen molar-refractivity contribution in [3.63, 3.8) is 0 Å². The lowest BCUT2D eigenvalue weighted by atomic mass is 10.1. The minimum absolute atomic E-state index is 0.556. The van der Waals surface area contributed by atoms with E-state index in [0.717, 1.165) is 11.3 Å². The summed E-state index contributed by atoms with van der Waals surface area (Å²) in [5, 5.41) is 0.701. The van der Waals surface area contributed by atoms with E-state index in [0.29, 0.717) is 16.5 Å². The van der Waals surface area contributed by atoms with Crippen molar-refractivity contribution < 1.29 is 0 Å². The largest absolute Gasteiger partial charge is 0.261 e. The van der Waals surface area contributed by atoms with Crippen LogP contribution >= 0.6 is 11.6 Å². The summed E-state index contributed by atoms with van der Waals surface area (Å²) in [7, 11) is 0. The SMILES string of the molecule is Clc1ccc(-c2ccnc(-c3cnccn3)n2)cc1. The second-order valence-electron chi connectivity index (χ2n) is 3.86. The second kappa shape index (κ2) is 5.12. The molecular formula is C14H9ClN4. The van der Waals surface area contributed by atoms with Crippen LogP contribution in [0.25, 0.3) is 22.8 Å². The number of halogens is 1. The minimum Gasteiger partial charge on any atom is -0.261 e. The molecule has 92 valence electrons. The average molecular weight is 269 g/mol. The maximum atomic E-state index is 5.88. The molecule has 1 aromatic carbocycles. The van der Waals surface area contributed by atoms with Gasteiger partial charge in [-0.2, -0.15) is 0 Å². The van der Waals surface area contributed by atoms with Crippen molar-refractivity contribution in [2.75, 3.05) is 0 Å². The van der Waals surface area contributed by atoms with Gasteiger partial charge in [0, 0.05) is 29.2 Å². The van der Waals surface area contributed by atoms with Gasteiger partial charge in [0.05, 0.1) is 11.9 Å². The molecule has 0 aliphatic rings. The van der Waals surface area contributed by atoms with Crippen LogP contribution in [0, 0.1) is 0 Å². The van der Waals surface area contributed by atoms with E-state index in [4.69, 9.17) is 11.6 Å². The summed E-state index contributed by atoms with van der Waals surface area (Å²) in [6, 6.07) is 9.36. The van der Waals surface area contributed by atoms with E-state index in [1.807, 2.05) is 30.3 Å². The quantitative estimate of drug-likeness (QED) is 0.716. The summed E-state index contributed by atoms with van der Waals surface area (Å²) in [5.41, 5.74) is 2.46. The van der Waals surface area contributed by atoms with Gasteiger partial charge in [-0.1, -0.05) is 23.7 Å². The van der Waals surface area contributed by atoms with Gasteiger partial charge < -0.3 is 0 Å². The molecule has 4 nitrogen and oxygen atoms in total. The number of benzene rings is 1. The molecule has 0 spiro atoms. The van der Waals surface area contributed by atoms with Crippen molar-refractivity contribution in [2.24, 2.45) is 0 Å². The van der Waals surface area contributed by atoms with E-state index < -0.39 is 0 Å². The van der Waals surface area contributed by atoms with Crippen LogP contribution in [-0.2, 0) is 0 Å². The van der Waals surface area contributed by atoms with Crippen molar-refractivity contribution in [2.45, 2.75) is 0 Å². The predicted octanol–water partition coefficient (Wildman–Crippen LogP) is 3.25. The molecule has 0 atom stereocenters. The fourth-order valence-electron chi connectivity index (χ4n) is 1.68. The molecule has 0 fully saturated rings. The van der Waals surface area contributed by atoms with E-state index >= 15 is 0 Å². The molecule has 0 saturated heterocycles. The standard InChI is InChI=1S/C14H9ClN4/c15-11-3-1-10(2-4-11)12-5-6-18-14(19-12)13-9-16-7-8-17-13/h1-9H. The molecule has 0 saturated carbocycles. The van der Waals surface area contributed by atoms with E-state index in [9.17, 15) is 0 Å². The Balaban J connectivity index is 2.03. The van der Waals surface area contributed by atoms with Gasteiger partial charge in [-0.3, -0.25) is 4.98 Å². The van der Waals surface area contributed by atoms with E-state index in [1.165, 1.54) is 0 Å². The lowest BCUT2D eigenvalue weighted by molar-refractivity contribution is 1.11. The summed E-state index contributed by atoms with van der Waals surface area (Å²) in [4.78, 5) is 16.9. The smallest absolute Gasteiger partial charge is 0.180 e. The summed E-state index contributed by atoms with van der Waals surface area (Å²) in [6.07, 6.45) is 6.59. The summed E-state index contributed by atoms with van der Waals surface area (Å²) < 4.78 is 0. The van der Waals surface area contributed by atoms with Gasteiger partial charge in [-0.05, 0) is 18.2 Å². The molecule has 3 aromatic rings. The van der Waals surface area contributed by atoms with E-state index in [-0.39, 0.29) is 0 Å². The van der Waals surface area contributed by atoms with Crippen LogP contribution in [0.1, 0.15) is 0 Å². The number of nitrogens with zero attached hydrogens (tertiary/aromatic N) is 4. The Bertz CT molecular complexity index is 683. The first-order chi connectivity index (χ1) is 9.33. The molecule has 2 aromatic heterocycles. The summed E-state index contributed by atoms with van der Waals surface area (Å²) in [5.74, 6) is 0.556. The summed E-state index contributed by atoms with van der Waals surface area (Å²) >= 11 is 5.88. The van der Waals surface area contributed by atoms with Crippen molar-refractivity contribution in [1.29, 1.82) is 0 Å². The Morgan fingerprint density at radius 3 is 2.37 bits per heavy atom. The van der Waals surface area contributed by atoms with Crippen molar-refractivity contribution in [1.82, 2.24) is 19.9 Å². The first-order valence-corrected chi connectivity index (χ1v) is 6.06. The average Bonchev–Trinajstić information content (AvgIpc) is 2.49. The van der Waals surface area contributed by atoms with Gasteiger partial charge in [0.25, 0.3) is 0 Å². The molecule has 5 heteroatoms. The Morgan fingerprint density at radius 2 is 1.63 bits per heavy atom. The van der Waals surface area contributed by atoms with Gasteiger partial charge in [0.1, 0.15) is 5.69 Å². The molecule has 0 unspecified atom stereocenters. The highest BCUT2D eigenvalue weighted by Crippen LogP contribution is 2.21. The number of hydrogen-bond acceptors (Lipinski definition) is 4. The minimum atomic E-state index is 0.556. The molecule has 0 N–H and O–H groups in total. The van der Waals surface area contributed by atoms with Crippen molar-refractivity contribution >= 4 is 11.6 Å². The number of rotatable bonds is 2. The molecule has 0 radical (unpaired) electrons. The number of aromatic nitrogens is 4. The van der Waals surface area contributed by atoms with Crippen LogP contribution in [0.15, 0.2) is 55.1 Å². The van der Waals surface area contributed by atoms with Gasteiger partial charge in [0.15, 0.2) is 5.82 Å². The van der Waals surface area contributed by atoms with Gasteiger partial charge in [-0.15, -0.1) is 0 Å². The summed E-state index contributed by atoms with van der Waals surface area (Å²) in [6.45, 7) is 0.